The van der Waals surface area contributed by atoms with Gasteiger partial charge in [-0.15, -0.1) is 0 Å². The zero-order valence-corrected chi connectivity index (χ0v) is 9.81. The fraction of sp³-hybridized carbons (Fsp3) is 0.583. The van der Waals surface area contributed by atoms with Crippen LogP contribution in [0.2, 0.25) is 0 Å². The smallest absolute Gasteiger partial charge is 0.331 e. The lowest BCUT2D eigenvalue weighted by Crippen LogP contribution is -2.16. The van der Waals surface area contributed by atoms with Gasteiger partial charge in [0.25, 0.3) is 0 Å². The molecule has 0 radical (unpaired) electrons. The van der Waals surface area contributed by atoms with Gasteiger partial charge in [0, 0.05) is 18.6 Å². The van der Waals surface area contributed by atoms with Crippen molar-refractivity contribution in [3.05, 3.63) is 12.2 Å². The summed E-state index contributed by atoms with van der Waals surface area (Å²) in [5, 5.41) is 0. The van der Waals surface area contributed by atoms with Crippen molar-refractivity contribution in [2.45, 2.75) is 26.2 Å². The molecule has 5 nitrogen and oxygen atoms in total. The Morgan fingerprint density at radius 2 is 1.94 bits per heavy atom. The molecule has 0 aromatic rings. The van der Waals surface area contributed by atoms with Gasteiger partial charge in [0.15, 0.2) is 0 Å². The second-order valence-corrected chi connectivity index (χ2v) is 3.77. The Kier molecular flexibility index (Phi) is 5.39. The molecule has 1 saturated carbocycles. The van der Waals surface area contributed by atoms with E-state index in [-0.39, 0.29) is 24.9 Å². The third-order valence-corrected chi connectivity index (χ3v) is 2.50. The molecule has 0 aromatic carbocycles. The molecule has 0 aliphatic heterocycles. The second-order valence-electron chi connectivity index (χ2n) is 3.77. The van der Waals surface area contributed by atoms with Gasteiger partial charge in [-0.1, -0.05) is 0 Å². The monoisotopic (exact) mass is 240 g/mol. The molecule has 0 spiro atoms. The minimum Gasteiger partial charge on any atom is -0.463 e. The molecule has 0 bridgehead atoms. The van der Waals surface area contributed by atoms with Crippen LogP contribution in [0.3, 0.4) is 0 Å². The molecule has 1 unspecified atom stereocenters. The average molecular weight is 240 g/mol. The maximum Gasteiger partial charge on any atom is 0.331 e. The van der Waals surface area contributed by atoms with Crippen molar-refractivity contribution < 1.29 is 23.9 Å². The number of ketones is 1. The van der Waals surface area contributed by atoms with E-state index in [0.29, 0.717) is 6.42 Å². The van der Waals surface area contributed by atoms with Crippen molar-refractivity contribution in [3.8, 4) is 0 Å². The molecule has 0 N–H and O–H groups in total. The van der Waals surface area contributed by atoms with Crippen molar-refractivity contribution >= 4 is 17.7 Å². The Morgan fingerprint density at radius 3 is 2.47 bits per heavy atom. The fourth-order valence-corrected chi connectivity index (χ4v) is 1.62. The third-order valence-electron chi connectivity index (χ3n) is 2.50. The van der Waals surface area contributed by atoms with E-state index in [1.807, 2.05) is 0 Å². The number of ether oxygens (including phenoxy) is 2. The van der Waals surface area contributed by atoms with Gasteiger partial charge in [0.05, 0.1) is 12.5 Å². The van der Waals surface area contributed by atoms with E-state index < -0.39 is 11.9 Å². The molecule has 94 valence electrons. The molecule has 0 aromatic heterocycles. The maximum absolute atomic E-state index is 11.3. The number of rotatable bonds is 5. The number of carbonyl (C=O) groups excluding carboxylic acids is 3. The predicted molar refractivity (Wildman–Crippen MR) is 59.1 cm³/mol. The van der Waals surface area contributed by atoms with Crippen molar-refractivity contribution in [2.75, 3.05) is 13.2 Å². The molecular formula is C12H16O5. The van der Waals surface area contributed by atoms with E-state index in [2.05, 4.69) is 4.74 Å². The lowest BCUT2D eigenvalue weighted by molar-refractivity contribution is -0.142. The lowest BCUT2D eigenvalue weighted by atomic mass is 10.1. The minimum atomic E-state index is -0.627. The molecule has 17 heavy (non-hydrogen) atoms. The Balaban J connectivity index is 2.25. The highest BCUT2D eigenvalue weighted by Crippen LogP contribution is 2.21. The summed E-state index contributed by atoms with van der Waals surface area (Å²) in [5.74, 6) is -1.23. The zero-order chi connectivity index (χ0) is 12.7. The van der Waals surface area contributed by atoms with Gasteiger partial charge in [0.1, 0.15) is 12.4 Å². The molecular weight excluding hydrogens is 224 g/mol. The quantitative estimate of drug-likeness (QED) is 0.530. The van der Waals surface area contributed by atoms with Crippen LogP contribution in [0.25, 0.3) is 0 Å². The highest BCUT2D eigenvalue weighted by atomic mass is 16.5. The number of hydrogen-bond acceptors (Lipinski definition) is 5. The number of carbonyl (C=O) groups is 3. The van der Waals surface area contributed by atoms with Crippen molar-refractivity contribution in [3.63, 3.8) is 0 Å². The molecule has 1 fully saturated rings. The summed E-state index contributed by atoms with van der Waals surface area (Å²) in [7, 11) is 0. The van der Waals surface area contributed by atoms with E-state index in [4.69, 9.17) is 4.74 Å². The van der Waals surface area contributed by atoms with Crippen LogP contribution < -0.4 is 0 Å². The fourth-order valence-electron chi connectivity index (χ4n) is 1.62. The van der Waals surface area contributed by atoms with E-state index in [1.54, 1.807) is 6.92 Å². The Labute approximate surface area is 99.8 Å². The Bertz CT molecular complexity index is 332. The molecule has 1 aliphatic rings. The van der Waals surface area contributed by atoms with Crippen LogP contribution in [-0.2, 0) is 23.9 Å². The highest BCUT2D eigenvalue weighted by Gasteiger charge is 2.25. The molecule has 1 aliphatic carbocycles. The van der Waals surface area contributed by atoms with Crippen LogP contribution in [0.5, 0.6) is 0 Å². The van der Waals surface area contributed by atoms with E-state index in [0.717, 1.165) is 25.0 Å². The zero-order valence-electron chi connectivity index (χ0n) is 9.81. The standard InChI is InChI=1S/C12H16O5/c1-2-16-11(14)6-7-12(15)17-8-9-4-3-5-10(9)13/h6-7,9H,2-5,8H2,1H3/b7-6+. The van der Waals surface area contributed by atoms with Gasteiger partial charge in [-0.3, -0.25) is 4.79 Å². The summed E-state index contributed by atoms with van der Waals surface area (Å²) in [5.41, 5.74) is 0. The van der Waals surface area contributed by atoms with Crippen LogP contribution in [-0.4, -0.2) is 30.9 Å². The normalized spacial score (nSPS) is 19.6. The molecule has 0 heterocycles. The minimum absolute atomic E-state index is 0.102. The molecule has 1 rings (SSSR count). The van der Waals surface area contributed by atoms with Crippen molar-refractivity contribution in [1.29, 1.82) is 0 Å². The first-order chi connectivity index (χ1) is 8.13. The molecule has 1 atom stereocenters. The van der Waals surface area contributed by atoms with E-state index in [1.165, 1.54) is 0 Å². The van der Waals surface area contributed by atoms with Crippen LogP contribution >= 0.6 is 0 Å². The average Bonchev–Trinajstić information content (AvgIpc) is 2.70. The van der Waals surface area contributed by atoms with E-state index in [9.17, 15) is 14.4 Å². The van der Waals surface area contributed by atoms with E-state index >= 15 is 0 Å². The van der Waals surface area contributed by atoms with Gasteiger partial charge in [0.2, 0.25) is 0 Å². The Morgan fingerprint density at radius 1 is 1.29 bits per heavy atom. The van der Waals surface area contributed by atoms with Crippen LogP contribution in [0.15, 0.2) is 12.2 Å². The largest absolute Gasteiger partial charge is 0.463 e. The van der Waals surface area contributed by atoms with Crippen molar-refractivity contribution in [2.24, 2.45) is 5.92 Å². The summed E-state index contributed by atoms with van der Waals surface area (Å²) >= 11 is 0. The highest BCUT2D eigenvalue weighted by molar-refractivity contribution is 5.91. The second kappa shape index (κ2) is 6.83. The third kappa shape index (κ3) is 4.80. The lowest BCUT2D eigenvalue weighted by Gasteiger charge is -2.06. The van der Waals surface area contributed by atoms with Crippen LogP contribution in [0.1, 0.15) is 26.2 Å². The van der Waals surface area contributed by atoms with Crippen LogP contribution in [0, 0.1) is 5.92 Å². The van der Waals surface area contributed by atoms with Gasteiger partial charge in [-0.05, 0) is 19.8 Å². The topological polar surface area (TPSA) is 69.7 Å². The summed E-state index contributed by atoms with van der Waals surface area (Å²) in [4.78, 5) is 33.3. The number of Topliss-reactive ketones (excluding diaryl/α,β-unsaturated/α-hetero) is 1. The first-order valence-corrected chi connectivity index (χ1v) is 5.67. The molecule has 0 saturated heterocycles. The van der Waals surface area contributed by atoms with Gasteiger partial charge in [-0.2, -0.15) is 0 Å². The Hall–Kier alpha value is -1.65. The maximum atomic E-state index is 11.3. The first-order valence-electron chi connectivity index (χ1n) is 5.67. The summed E-state index contributed by atoms with van der Waals surface area (Å²) < 4.78 is 9.47. The van der Waals surface area contributed by atoms with Gasteiger partial charge >= 0.3 is 11.9 Å². The summed E-state index contributed by atoms with van der Waals surface area (Å²) in [6, 6.07) is 0. The summed E-state index contributed by atoms with van der Waals surface area (Å²) in [6.45, 7) is 2.04. The predicted octanol–water partition coefficient (Wildman–Crippen LogP) is 1.02. The van der Waals surface area contributed by atoms with Gasteiger partial charge in [-0.25, -0.2) is 9.59 Å². The SMILES string of the molecule is CCOC(=O)/C=C/C(=O)OCC1CCCC1=O. The van der Waals surface area contributed by atoms with Crippen molar-refractivity contribution in [1.82, 2.24) is 0 Å². The molecule has 0 amide bonds. The number of hydrogen-bond donors (Lipinski definition) is 0. The van der Waals surface area contributed by atoms with Crippen LogP contribution in [0.4, 0.5) is 0 Å². The van der Waals surface area contributed by atoms with Gasteiger partial charge < -0.3 is 9.47 Å². The molecule has 5 heteroatoms. The summed E-state index contributed by atoms with van der Waals surface area (Å²) in [6.07, 6.45) is 4.23. The number of esters is 2. The first kappa shape index (κ1) is 13.4.